The lowest BCUT2D eigenvalue weighted by Gasteiger charge is -2.26. The number of nitrogens with zero attached hydrogens (tertiary/aromatic N) is 1. The van der Waals surface area contributed by atoms with Crippen molar-refractivity contribution in [3.63, 3.8) is 0 Å². The zero-order chi connectivity index (χ0) is 13.0. The first kappa shape index (κ1) is 14.6. The van der Waals surface area contributed by atoms with Gasteiger partial charge >= 0.3 is 0 Å². The third kappa shape index (κ3) is 3.77. The lowest BCUT2D eigenvalue weighted by atomic mass is 10.1. The summed E-state index contributed by atoms with van der Waals surface area (Å²) in [5, 5.41) is 1.07. The van der Waals surface area contributed by atoms with Gasteiger partial charge in [0.15, 0.2) is 0 Å². The number of hydrogen-bond acceptors (Lipinski definition) is 2. The zero-order valence-electron chi connectivity index (χ0n) is 10.6. The molecule has 0 saturated carbocycles. The molecule has 2 nitrogen and oxygen atoms in total. The minimum Gasteiger partial charge on any atom is -0.396 e. The molecule has 2 N–H and O–H groups in total. The molecular weight excluding hydrogens is 255 g/mol. The predicted molar refractivity (Wildman–Crippen MR) is 76.7 cm³/mol. The van der Waals surface area contributed by atoms with Crippen LogP contribution in [0.4, 0.5) is 5.69 Å². The van der Waals surface area contributed by atoms with Gasteiger partial charge in [-0.3, -0.25) is 4.90 Å². The SMILES string of the molecule is CCC(CC)N(C)Cc1cc(Cl)c(N)c(Cl)c1. The highest BCUT2D eigenvalue weighted by Crippen LogP contribution is 2.29. The van der Waals surface area contributed by atoms with Crippen molar-refractivity contribution in [1.29, 1.82) is 0 Å². The molecule has 0 aromatic heterocycles. The summed E-state index contributed by atoms with van der Waals surface area (Å²) >= 11 is 12.0. The summed E-state index contributed by atoms with van der Waals surface area (Å²) in [4.78, 5) is 2.32. The summed E-state index contributed by atoms with van der Waals surface area (Å²) in [5.41, 5.74) is 7.28. The third-order valence-corrected chi connectivity index (χ3v) is 3.76. The Morgan fingerprint density at radius 2 is 1.65 bits per heavy atom. The number of benzene rings is 1. The lowest BCUT2D eigenvalue weighted by molar-refractivity contribution is 0.222. The van der Waals surface area contributed by atoms with E-state index >= 15 is 0 Å². The smallest absolute Gasteiger partial charge is 0.0693 e. The first-order chi connectivity index (χ1) is 7.99. The Morgan fingerprint density at radius 3 is 2.06 bits per heavy atom. The van der Waals surface area contributed by atoms with Gasteiger partial charge in [0, 0.05) is 12.6 Å². The molecule has 0 unspecified atom stereocenters. The van der Waals surface area contributed by atoms with Gasteiger partial charge in [-0.1, -0.05) is 37.0 Å². The van der Waals surface area contributed by atoms with Crippen molar-refractivity contribution in [2.75, 3.05) is 12.8 Å². The zero-order valence-corrected chi connectivity index (χ0v) is 12.1. The van der Waals surface area contributed by atoms with Crippen molar-refractivity contribution in [3.05, 3.63) is 27.7 Å². The average molecular weight is 275 g/mol. The Kier molecular flexibility index (Phi) is 5.57. The fraction of sp³-hybridized carbons (Fsp3) is 0.538. The Balaban J connectivity index is 2.81. The minimum absolute atomic E-state index is 0.460. The highest BCUT2D eigenvalue weighted by Gasteiger charge is 2.12. The Bertz CT molecular complexity index is 353. The summed E-state index contributed by atoms with van der Waals surface area (Å²) in [6, 6.07) is 4.37. The molecule has 17 heavy (non-hydrogen) atoms. The molecule has 1 aromatic carbocycles. The van der Waals surface area contributed by atoms with E-state index in [1.807, 2.05) is 12.1 Å². The first-order valence-electron chi connectivity index (χ1n) is 5.93. The second kappa shape index (κ2) is 6.48. The van der Waals surface area contributed by atoms with Crippen LogP contribution in [0.1, 0.15) is 32.3 Å². The van der Waals surface area contributed by atoms with Crippen LogP contribution in [0.25, 0.3) is 0 Å². The molecule has 96 valence electrons. The highest BCUT2D eigenvalue weighted by molar-refractivity contribution is 6.38. The largest absolute Gasteiger partial charge is 0.396 e. The number of nitrogens with two attached hydrogens (primary N) is 1. The number of halogens is 2. The lowest BCUT2D eigenvalue weighted by Crippen LogP contribution is -2.29. The topological polar surface area (TPSA) is 29.3 Å². The van der Waals surface area contributed by atoms with Crippen molar-refractivity contribution >= 4 is 28.9 Å². The summed E-state index contributed by atoms with van der Waals surface area (Å²) in [6.45, 7) is 5.24. The van der Waals surface area contributed by atoms with Gasteiger partial charge in [0.2, 0.25) is 0 Å². The second-order valence-corrected chi connectivity index (χ2v) is 5.17. The van der Waals surface area contributed by atoms with Gasteiger partial charge in [-0.25, -0.2) is 0 Å². The summed E-state index contributed by atoms with van der Waals surface area (Å²) in [5.74, 6) is 0. The maximum absolute atomic E-state index is 6.02. The van der Waals surface area contributed by atoms with Crippen molar-refractivity contribution in [2.24, 2.45) is 0 Å². The van der Waals surface area contributed by atoms with Crippen molar-refractivity contribution in [2.45, 2.75) is 39.3 Å². The van der Waals surface area contributed by atoms with Crippen LogP contribution in [0.3, 0.4) is 0 Å². The molecule has 0 spiro atoms. The van der Waals surface area contributed by atoms with Crippen LogP contribution in [0.5, 0.6) is 0 Å². The number of hydrogen-bond donors (Lipinski definition) is 1. The molecule has 1 rings (SSSR count). The molecule has 1 aromatic rings. The molecule has 0 saturated heterocycles. The van der Waals surface area contributed by atoms with Gasteiger partial charge < -0.3 is 5.73 Å². The fourth-order valence-corrected chi connectivity index (χ4v) is 2.59. The van der Waals surface area contributed by atoms with Crippen LogP contribution in [0.2, 0.25) is 10.0 Å². The van der Waals surface area contributed by atoms with Gasteiger partial charge in [0.1, 0.15) is 0 Å². The first-order valence-corrected chi connectivity index (χ1v) is 6.68. The molecule has 0 aliphatic carbocycles. The van der Waals surface area contributed by atoms with E-state index in [0.29, 0.717) is 21.8 Å². The Morgan fingerprint density at radius 1 is 1.18 bits per heavy atom. The third-order valence-electron chi connectivity index (χ3n) is 3.14. The van der Waals surface area contributed by atoms with E-state index in [4.69, 9.17) is 28.9 Å². The van der Waals surface area contributed by atoms with E-state index in [9.17, 15) is 0 Å². The maximum atomic E-state index is 6.02. The highest BCUT2D eigenvalue weighted by atomic mass is 35.5. The van der Waals surface area contributed by atoms with E-state index in [-0.39, 0.29) is 0 Å². The van der Waals surface area contributed by atoms with E-state index in [1.54, 1.807) is 0 Å². The average Bonchev–Trinajstić information content (AvgIpc) is 2.27. The predicted octanol–water partition coefficient (Wildman–Crippen LogP) is 4.20. The number of nitrogen functional groups attached to an aromatic ring is 1. The van der Waals surface area contributed by atoms with Gasteiger partial charge in [-0.05, 0) is 37.6 Å². The number of anilines is 1. The van der Waals surface area contributed by atoms with Crippen LogP contribution in [-0.2, 0) is 6.54 Å². The van der Waals surface area contributed by atoms with Crippen molar-refractivity contribution in [1.82, 2.24) is 4.90 Å². The van der Waals surface area contributed by atoms with Crippen molar-refractivity contribution < 1.29 is 0 Å². The molecule has 0 heterocycles. The van der Waals surface area contributed by atoms with Crippen LogP contribution < -0.4 is 5.73 Å². The quantitative estimate of drug-likeness (QED) is 0.816. The summed E-state index contributed by atoms with van der Waals surface area (Å²) in [7, 11) is 2.12. The molecular formula is C13H20Cl2N2. The molecule has 0 aliphatic heterocycles. The van der Waals surface area contributed by atoms with Crippen LogP contribution >= 0.6 is 23.2 Å². The number of rotatable bonds is 5. The fourth-order valence-electron chi connectivity index (χ4n) is 2.06. The summed E-state index contributed by atoms with van der Waals surface area (Å²) < 4.78 is 0. The van der Waals surface area contributed by atoms with Gasteiger partial charge in [0.25, 0.3) is 0 Å². The standard InChI is InChI=1S/C13H20Cl2N2/c1-4-10(5-2)17(3)8-9-6-11(14)13(16)12(15)7-9/h6-7,10H,4-5,8,16H2,1-3H3. The second-order valence-electron chi connectivity index (χ2n) is 4.36. The minimum atomic E-state index is 0.460. The molecule has 0 bridgehead atoms. The van der Waals surface area contributed by atoms with Gasteiger partial charge in [-0.2, -0.15) is 0 Å². The van der Waals surface area contributed by atoms with Crippen LogP contribution in [-0.4, -0.2) is 18.0 Å². The molecule has 0 fully saturated rings. The maximum Gasteiger partial charge on any atom is 0.0693 e. The van der Waals surface area contributed by atoms with E-state index < -0.39 is 0 Å². The molecule has 0 radical (unpaired) electrons. The van der Waals surface area contributed by atoms with E-state index in [1.165, 1.54) is 0 Å². The Hall–Kier alpha value is -0.440. The molecule has 0 amide bonds. The Labute approximate surface area is 114 Å². The molecule has 0 atom stereocenters. The molecule has 4 heteroatoms. The summed E-state index contributed by atoms with van der Waals surface area (Å²) in [6.07, 6.45) is 2.28. The van der Waals surface area contributed by atoms with E-state index in [2.05, 4.69) is 25.8 Å². The van der Waals surface area contributed by atoms with Crippen LogP contribution in [0.15, 0.2) is 12.1 Å². The van der Waals surface area contributed by atoms with E-state index in [0.717, 1.165) is 24.9 Å². The monoisotopic (exact) mass is 274 g/mol. The van der Waals surface area contributed by atoms with Gasteiger partial charge in [0.05, 0.1) is 15.7 Å². The van der Waals surface area contributed by atoms with Crippen molar-refractivity contribution in [3.8, 4) is 0 Å². The molecule has 0 aliphatic rings. The normalized spacial score (nSPS) is 11.5. The van der Waals surface area contributed by atoms with Gasteiger partial charge in [-0.15, -0.1) is 0 Å². The van der Waals surface area contributed by atoms with Crippen LogP contribution in [0, 0.1) is 0 Å².